The lowest BCUT2D eigenvalue weighted by Crippen LogP contribution is -1.95. The minimum atomic E-state index is 0.639. The topological polar surface area (TPSA) is 54.0 Å². The van der Waals surface area contributed by atoms with Gasteiger partial charge in [-0.05, 0) is 18.6 Å². The number of nitrogens with zero attached hydrogens (tertiary/aromatic N) is 4. The molecular formula is C11H12N4. The Labute approximate surface area is 88.2 Å². The summed E-state index contributed by atoms with van der Waals surface area (Å²) in [7, 11) is 0. The summed E-state index contributed by atoms with van der Waals surface area (Å²) < 4.78 is 1.90. The lowest BCUT2D eigenvalue weighted by Gasteiger charge is -1.98. The van der Waals surface area contributed by atoms with Gasteiger partial charge in [0.15, 0.2) is 5.65 Å². The van der Waals surface area contributed by atoms with Crippen molar-refractivity contribution >= 4 is 5.65 Å². The summed E-state index contributed by atoms with van der Waals surface area (Å²) in [5.41, 5.74) is 1.44. The van der Waals surface area contributed by atoms with Crippen molar-refractivity contribution in [3.05, 3.63) is 29.7 Å². The van der Waals surface area contributed by atoms with Crippen molar-refractivity contribution in [1.29, 1.82) is 5.26 Å². The lowest BCUT2D eigenvalue weighted by molar-refractivity contribution is 0.743. The zero-order chi connectivity index (χ0) is 10.7. The van der Waals surface area contributed by atoms with Gasteiger partial charge in [-0.15, -0.1) is 10.2 Å². The fraction of sp³-hybridized carbons (Fsp3) is 0.364. The van der Waals surface area contributed by atoms with Crippen LogP contribution in [0.15, 0.2) is 18.3 Å². The zero-order valence-electron chi connectivity index (χ0n) is 8.64. The lowest BCUT2D eigenvalue weighted by atomic mass is 10.2. The molecule has 0 aliphatic carbocycles. The van der Waals surface area contributed by atoms with Crippen LogP contribution in [0.1, 0.15) is 31.2 Å². The SMILES string of the molecule is CCCCc1nnc2ccc(C#N)cn12. The third-order valence-corrected chi connectivity index (χ3v) is 2.36. The predicted octanol–water partition coefficient (Wildman–Crippen LogP) is 1.94. The molecule has 0 fully saturated rings. The molecular weight excluding hydrogens is 188 g/mol. The number of aryl methyl sites for hydroxylation is 1. The van der Waals surface area contributed by atoms with Gasteiger partial charge in [0, 0.05) is 12.6 Å². The van der Waals surface area contributed by atoms with Gasteiger partial charge in [0.05, 0.1) is 5.56 Å². The maximum Gasteiger partial charge on any atom is 0.160 e. The van der Waals surface area contributed by atoms with Crippen molar-refractivity contribution in [2.75, 3.05) is 0 Å². The van der Waals surface area contributed by atoms with Gasteiger partial charge in [-0.3, -0.25) is 4.40 Å². The van der Waals surface area contributed by atoms with Crippen molar-refractivity contribution in [3.8, 4) is 6.07 Å². The van der Waals surface area contributed by atoms with Gasteiger partial charge in [0.2, 0.25) is 0 Å². The van der Waals surface area contributed by atoms with Crippen LogP contribution in [0.25, 0.3) is 5.65 Å². The number of aromatic nitrogens is 3. The molecule has 2 rings (SSSR count). The molecule has 15 heavy (non-hydrogen) atoms. The Bertz CT molecular complexity index is 507. The summed E-state index contributed by atoms with van der Waals surface area (Å²) in [5.74, 6) is 0.934. The average Bonchev–Trinajstić information content (AvgIpc) is 2.68. The van der Waals surface area contributed by atoms with E-state index in [0.29, 0.717) is 5.56 Å². The molecule has 76 valence electrons. The summed E-state index contributed by atoms with van der Waals surface area (Å²) >= 11 is 0. The molecule has 2 aromatic heterocycles. The van der Waals surface area contributed by atoms with E-state index in [2.05, 4.69) is 23.2 Å². The fourth-order valence-corrected chi connectivity index (χ4v) is 1.51. The van der Waals surface area contributed by atoms with Crippen molar-refractivity contribution in [2.24, 2.45) is 0 Å². The van der Waals surface area contributed by atoms with E-state index in [9.17, 15) is 0 Å². The van der Waals surface area contributed by atoms with Crippen molar-refractivity contribution in [3.63, 3.8) is 0 Å². The molecule has 0 aliphatic rings. The minimum Gasteiger partial charge on any atom is -0.285 e. The van der Waals surface area contributed by atoms with E-state index in [4.69, 9.17) is 5.26 Å². The van der Waals surface area contributed by atoms with Gasteiger partial charge in [0.25, 0.3) is 0 Å². The monoisotopic (exact) mass is 200 g/mol. The molecule has 0 saturated heterocycles. The number of nitriles is 1. The number of hydrogen-bond donors (Lipinski definition) is 0. The van der Waals surface area contributed by atoms with Gasteiger partial charge in [0.1, 0.15) is 11.9 Å². The highest BCUT2D eigenvalue weighted by Crippen LogP contribution is 2.08. The first kappa shape index (κ1) is 9.66. The molecule has 0 aromatic carbocycles. The van der Waals surface area contributed by atoms with Crippen LogP contribution < -0.4 is 0 Å². The number of hydrogen-bond acceptors (Lipinski definition) is 3. The second kappa shape index (κ2) is 4.09. The summed E-state index contributed by atoms with van der Waals surface area (Å²) in [5, 5.41) is 17.0. The first-order valence-corrected chi connectivity index (χ1v) is 5.09. The zero-order valence-corrected chi connectivity index (χ0v) is 8.64. The van der Waals surface area contributed by atoms with Gasteiger partial charge in [-0.1, -0.05) is 13.3 Å². The third kappa shape index (κ3) is 1.82. The molecule has 0 saturated carbocycles. The van der Waals surface area contributed by atoms with Crippen LogP contribution in [0, 0.1) is 11.3 Å². The van der Waals surface area contributed by atoms with Crippen LogP contribution in [0.5, 0.6) is 0 Å². The molecule has 0 radical (unpaired) electrons. The smallest absolute Gasteiger partial charge is 0.160 e. The Balaban J connectivity index is 2.43. The third-order valence-electron chi connectivity index (χ3n) is 2.36. The first-order chi connectivity index (χ1) is 7.35. The van der Waals surface area contributed by atoms with Crippen molar-refractivity contribution < 1.29 is 0 Å². The van der Waals surface area contributed by atoms with E-state index in [-0.39, 0.29) is 0 Å². The van der Waals surface area contributed by atoms with Crippen LogP contribution in [0.4, 0.5) is 0 Å². The molecule has 0 N–H and O–H groups in total. The highest BCUT2D eigenvalue weighted by Gasteiger charge is 2.04. The van der Waals surface area contributed by atoms with Crippen LogP contribution >= 0.6 is 0 Å². The van der Waals surface area contributed by atoms with E-state index >= 15 is 0 Å². The van der Waals surface area contributed by atoms with Gasteiger partial charge in [-0.2, -0.15) is 5.26 Å². The molecule has 0 amide bonds. The quantitative estimate of drug-likeness (QED) is 0.760. The predicted molar refractivity (Wildman–Crippen MR) is 56.3 cm³/mol. The van der Waals surface area contributed by atoms with Gasteiger partial charge >= 0.3 is 0 Å². The average molecular weight is 200 g/mol. The first-order valence-electron chi connectivity index (χ1n) is 5.09. The van der Waals surface area contributed by atoms with Crippen molar-refractivity contribution in [2.45, 2.75) is 26.2 Å². The van der Waals surface area contributed by atoms with E-state index in [1.54, 1.807) is 12.3 Å². The van der Waals surface area contributed by atoms with Gasteiger partial charge < -0.3 is 0 Å². The Morgan fingerprint density at radius 1 is 1.40 bits per heavy atom. The molecule has 2 aromatic rings. The second-order valence-electron chi connectivity index (χ2n) is 3.48. The van der Waals surface area contributed by atoms with E-state index in [1.807, 2.05) is 10.5 Å². The number of unbranched alkanes of at least 4 members (excludes halogenated alkanes) is 1. The Hall–Kier alpha value is -1.89. The molecule has 0 bridgehead atoms. The van der Waals surface area contributed by atoms with Crippen LogP contribution in [-0.2, 0) is 6.42 Å². The Morgan fingerprint density at radius 2 is 2.27 bits per heavy atom. The van der Waals surface area contributed by atoms with Crippen molar-refractivity contribution in [1.82, 2.24) is 14.6 Å². The Morgan fingerprint density at radius 3 is 3.00 bits per heavy atom. The van der Waals surface area contributed by atoms with E-state index < -0.39 is 0 Å². The maximum atomic E-state index is 8.80. The van der Waals surface area contributed by atoms with E-state index in [0.717, 1.165) is 30.7 Å². The van der Waals surface area contributed by atoms with E-state index in [1.165, 1.54) is 0 Å². The fourth-order valence-electron chi connectivity index (χ4n) is 1.51. The Kier molecular flexibility index (Phi) is 2.64. The van der Waals surface area contributed by atoms with Crippen LogP contribution in [-0.4, -0.2) is 14.6 Å². The summed E-state index contributed by atoms with van der Waals surface area (Å²) in [4.78, 5) is 0. The molecule has 0 aliphatic heterocycles. The largest absolute Gasteiger partial charge is 0.285 e. The molecule has 0 spiro atoms. The number of rotatable bonds is 3. The number of pyridine rings is 1. The molecule has 4 nitrogen and oxygen atoms in total. The molecule has 4 heteroatoms. The molecule has 0 unspecified atom stereocenters. The van der Waals surface area contributed by atoms with Crippen LogP contribution in [0.2, 0.25) is 0 Å². The highest BCUT2D eigenvalue weighted by molar-refractivity contribution is 5.42. The summed E-state index contributed by atoms with van der Waals surface area (Å²) in [6.45, 7) is 2.14. The standard InChI is InChI=1S/C11H12N4/c1-2-3-4-10-13-14-11-6-5-9(7-12)8-15(10)11/h5-6,8H,2-4H2,1H3. The highest BCUT2D eigenvalue weighted by atomic mass is 15.2. The summed E-state index contributed by atoms with van der Waals surface area (Å²) in [6.07, 6.45) is 4.93. The minimum absolute atomic E-state index is 0.639. The summed E-state index contributed by atoms with van der Waals surface area (Å²) in [6, 6.07) is 5.69. The normalized spacial score (nSPS) is 10.4. The molecule has 2 heterocycles. The van der Waals surface area contributed by atoms with Crippen LogP contribution in [0.3, 0.4) is 0 Å². The molecule has 0 atom stereocenters. The maximum absolute atomic E-state index is 8.80. The second-order valence-corrected chi connectivity index (χ2v) is 3.48. The van der Waals surface area contributed by atoms with Gasteiger partial charge in [-0.25, -0.2) is 0 Å². The number of fused-ring (bicyclic) bond motifs is 1.